The van der Waals surface area contributed by atoms with Crippen molar-refractivity contribution in [2.24, 2.45) is 0 Å². The van der Waals surface area contributed by atoms with Crippen molar-refractivity contribution in [3.05, 3.63) is 64.4 Å². The molecule has 1 aromatic carbocycles. The highest BCUT2D eigenvalue weighted by Crippen LogP contribution is 2.29. The summed E-state index contributed by atoms with van der Waals surface area (Å²) in [6.07, 6.45) is 2.26. The lowest BCUT2D eigenvalue weighted by atomic mass is 9.98. The van der Waals surface area contributed by atoms with Crippen molar-refractivity contribution in [1.82, 2.24) is 4.90 Å². The summed E-state index contributed by atoms with van der Waals surface area (Å²) in [5.41, 5.74) is 2.26. The third-order valence-corrected chi connectivity index (χ3v) is 4.07. The molecule has 5 heteroatoms. The van der Waals surface area contributed by atoms with Crippen LogP contribution in [0.25, 0.3) is 0 Å². The average molecular weight is 396 g/mol. The number of ether oxygens (including phenoxy) is 1. The average Bonchev–Trinajstić information content (AvgIpc) is 2.59. The Morgan fingerprint density at radius 2 is 2.12 bits per heavy atom. The summed E-state index contributed by atoms with van der Waals surface area (Å²) in [5.74, 6) is -0.336. The predicted molar refractivity (Wildman–Crippen MR) is 99.6 cm³/mol. The Kier molecular flexibility index (Phi) is 7.92. The van der Waals surface area contributed by atoms with Gasteiger partial charge in [-0.1, -0.05) is 55.1 Å². The third-order valence-electron chi connectivity index (χ3n) is 3.59. The second-order valence-electron chi connectivity index (χ2n) is 4.95. The Morgan fingerprint density at radius 3 is 2.67 bits per heavy atom. The quantitative estimate of drug-likeness (QED) is 0.702. The van der Waals surface area contributed by atoms with Crippen molar-refractivity contribution in [1.29, 1.82) is 0 Å². The van der Waals surface area contributed by atoms with Crippen LogP contribution in [0.15, 0.2) is 53.1 Å². The minimum Gasteiger partial charge on any atom is -0.494 e. The maximum Gasteiger partial charge on any atom is 0.254 e. The number of amides is 1. The van der Waals surface area contributed by atoms with Crippen molar-refractivity contribution >= 4 is 21.8 Å². The largest absolute Gasteiger partial charge is 0.494 e. The maximum absolute atomic E-state index is 13.4. The van der Waals surface area contributed by atoms with Gasteiger partial charge in [-0.15, -0.1) is 0 Å². The van der Waals surface area contributed by atoms with E-state index in [9.17, 15) is 9.18 Å². The molecule has 3 nitrogen and oxygen atoms in total. The van der Waals surface area contributed by atoms with E-state index < -0.39 is 5.82 Å². The van der Waals surface area contributed by atoms with Crippen molar-refractivity contribution in [3.8, 4) is 5.75 Å². The summed E-state index contributed by atoms with van der Waals surface area (Å²) in [7, 11) is 1.42. The monoisotopic (exact) mass is 395 g/mol. The Labute approximate surface area is 151 Å². The van der Waals surface area contributed by atoms with Crippen molar-refractivity contribution in [2.75, 3.05) is 13.7 Å². The van der Waals surface area contributed by atoms with E-state index in [0.29, 0.717) is 29.6 Å². The molecule has 1 heterocycles. The lowest BCUT2D eigenvalue weighted by Gasteiger charge is -2.29. The summed E-state index contributed by atoms with van der Waals surface area (Å²) >= 11 is 3.33. The van der Waals surface area contributed by atoms with Crippen LogP contribution in [-0.4, -0.2) is 24.5 Å². The van der Waals surface area contributed by atoms with Gasteiger partial charge in [0.15, 0.2) is 11.6 Å². The van der Waals surface area contributed by atoms with E-state index in [2.05, 4.69) is 29.1 Å². The van der Waals surface area contributed by atoms with E-state index in [1.165, 1.54) is 13.2 Å². The normalized spacial score (nSPS) is 14.0. The molecule has 0 radical (unpaired) electrons. The minimum atomic E-state index is -0.416. The van der Waals surface area contributed by atoms with Gasteiger partial charge in [0.25, 0.3) is 5.91 Å². The van der Waals surface area contributed by atoms with Crippen LogP contribution in [0.3, 0.4) is 0 Å². The molecule has 1 aromatic rings. The zero-order valence-electron chi connectivity index (χ0n) is 14.4. The van der Waals surface area contributed by atoms with E-state index in [-0.39, 0.29) is 11.7 Å². The molecule has 0 unspecified atom stereocenters. The first-order valence-corrected chi connectivity index (χ1v) is 8.59. The fourth-order valence-electron chi connectivity index (χ4n) is 2.45. The molecule has 0 atom stereocenters. The van der Waals surface area contributed by atoms with Crippen LogP contribution < -0.4 is 4.74 Å². The van der Waals surface area contributed by atoms with Crippen LogP contribution in [0, 0.1) is 5.82 Å². The highest BCUT2D eigenvalue weighted by Gasteiger charge is 2.26. The maximum atomic E-state index is 13.4. The van der Waals surface area contributed by atoms with Gasteiger partial charge in [0.05, 0.1) is 7.11 Å². The predicted octanol–water partition coefficient (Wildman–Crippen LogP) is 4.98. The molecule has 0 aromatic heterocycles. The van der Waals surface area contributed by atoms with Crippen LogP contribution in [0.2, 0.25) is 0 Å². The second kappa shape index (κ2) is 9.42. The second-order valence-corrected chi connectivity index (χ2v) is 5.90. The fourth-order valence-corrected chi connectivity index (χ4v) is 2.86. The lowest BCUT2D eigenvalue weighted by molar-refractivity contribution is -0.128. The summed E-state index contributed by atoms with van der Waals surface area (Å²) < 4.78 is 19.1. The zero-order valence-corrected chi connectivity index (χ0v) is 16.0. The number of hydrogen-bond acceptors (Lipinski definition) is 2. The smallest absolute Gasteiger partial charge is 0.254 e. The molecule has 24 heavy (non-hydrogen) atoms. The highest BCUT2D eigenvalue weighted by atomic mass is 79.9. The van der Waals surface area contributed by atoms with E-state index in [1.54, 1.807) is 23.1 Å². The summed E-state index contributed by atoms with van der Waals surface area (Å²) in [5, 5.41) is 0. The minimum absolute atomic E-state index is 0.0971. The van der Waals surface area contributed by atoms with Crippen LogP contribution in [0.5, 0.6) is 5.75 Å². The Balaban J connectivity index is 0.00000139. The lowest BCUT2D eigenvalue weighted by Crippen LogP contribution is -2.36. The molecule has 0 aliphatic carbocycles. The van der Waals surface area contributed by atoms with Crippen LogP contribution in [0.1, 0.15) is 25.8 Å². The summed E-state index contributed by atoms with van der Waals surface area (Å²) in [6.45, 7) is 12.5. The Bertz CT molecular complexity index is 667. The van der Waals surface area contributed by atoms with Gasteiger partial charge in [0.2, 0.25) is 0 Å². The van der Waals surface area contributed by atoms with E-state index in [4.69, 9.17) is 4.74 Å². The highest BCUT2D eigenvalue weighted by molar-refractivity contribution is 9.11. The van der Waals surface area contributed by atoms with E-state index >= 15 is 0 Å². The molecule has 0 fully saturated rings. The molecular weight excluding hydrogens is 373 g/mol. The standard InChI is InChI=1S/C17H17BrFNO2.C2H6/c1-4-13-14(11(2)18)7-8-20(17(13)21)10-12-5-6-15(19)16(9-12)22-3;1-2/h4-6,9H,1-2,7-8,10H2,3H3;1-2H3. The number of carbonyl (C=O) groups is 1. The number of halogens is 2. The topological polar surface area (TPSA) is 29.5 Å². The first kappa shape index (κ1) is 20.2. The number of methoxy groups -OCH3 is 1. The van der Waals surface area contributed by atoms with E-state index in [1.807, 2.05) is 13.8 Å². The van der Waals surface area contributed by atoms with Crippen LogP contribution >= 0.6 is 15.9 Å². The molecular formula is C19H23BrFNO2. The van der Waals surface area contributed by atoms with Crippen LogP contribution in [-0.2, 0) is 11.3 Å². The van der Waals surface area contributed by atoms with Gasteiger partial charge in [0, 0.05) is 23.1 Å². The number of nitrogens with zero attached hydrogens (tertiary/aromatic N) is 1. The van der Waals surface area contributed by atoms with E-state index in [0.717, 1.165) is 11.1 Å². The number of rotatable bonds is 5. The van der Waals surface area contributed by atoms with Crippen molar-refractivity contribution in [3.63, 3.8) is 0 Å². The molecule has 0 spiro atoms. The Hall–Kier alpha value is -1.88. The zero-order chi connectivity index (χ0) is 18.3. The summed E-state index contributed by atoms with van der Waals surface area (Å²) in [6, 6.07) is 4.61. The van der Waals surface area contributed by atoms with Gasteiger partial charge in [-0.25, -0.2) is 4.39 Å². The number of allylic oxidation sites excluding steroid dienone is 1. The summed E-state index contributed by atoms with van der Waals surface area (Å²) in [4.78, 5) is 14.2. The van der Waals surface area contributed by atoms with Gasteiger partial charge in [0.1, 0.15) is 0 Å². The van der Waals surface area contributed by atoms with Crippen molar-refractivity contribution < 1.29 is 13.9 Å². The Morgan fingerprint density at radius 1 is 1.46 bits per heavy atom. The van der Waals surface area contributed by atoms with Crippen molar-refractivity contribution in [2.45, 2.75) is 26.8 Å². The molecule has 0 saturated carbocycles. The molecule has 0 N–H and O–H groups in total. The third kappa shape index (κ3) is 4.57. The first-order chi connectivity index (χ1) is 11.5. The van der Waals surface area contributed by atoms with Gasteiger partial charge in [-0.05, 0) is 29.7 Å². The van der Waals surface area contributed by atoms with Gasteiger partial charge >= 0.3 is 0 Å². The SMILES string of the molecule is C=CC1=C(C(=C)Br)CCN(Cc2ccc(F)c(OC)c2)C1=O.CC. The number of hydrogen-bond donors (Lipinski definition) is 0. The van der Waals surface area contributed by atoms with Gasteiger partial charge in [-0.3, -0.25) is 4.79 Å². The molecule has 0 saturated heterocycles. The van der Waals surface area contributed by atoms with Gasteiger partial charge < -0.3 is 9.64 Å². The molecule has 130 valence electrons. The number of benzene rings is 1. The first-order valence-electron chi connectivity index (χ1n) is 7.80. The molecule has 0 bridgehead atoms. The molecule has 1 aliphatic rings. The molecule has 2 rings (SSSR count). The molecule has 1 amide bonds. The van der Waals surface area contributed by atoms with Gasteiger partial charge in [-0.2, -0.15) is 0 Å². The molecule has 1 aliphatic heterocycles. The van der Waals surface area contributed by atoms with Crippen LogP contribution in [0.4, 0.5) is 4.39 Å². The number of carbonyl (C=O) groups excluding carboxylic acids is 1. The fraction of sp³-hybridized carbons (Fsp3) is 0.316.